The van der Waals surface area contributed by atoms with E-state index in [1.54, 1.807) is 24.3 Å². The molecule has 0 heterocycles. The van der Waals surface area contributed by atoms with Crippen LogP contribution < -0.4 is 10.6 Å². The number of nitrogens with zero attached hydrogens (tertiary/aromatic N) is 1. The summed E-state index contributed by atoms with van der Waals surface area (Å²) in [4.78, 5) is 22.5. The van der Waals surface area contributed by atoms with E-state index in [2.05, 4.69) is 15.8 Å². The Morgan fingerprint density at radius 3 is 2.61 bits per heavy atom. The number of rotatable bonds is 6. The van der Waals surface area contributed by atoms with Gasteiger partial charge in [-0.25, -0.2) is 0 Å². The van der Waals surface area contributed by atoms with E-state index in [1.165, 1.54) is 6.92 Å². The van der Waals surface area contributed by atoms with Crippen LogP contribution in [0.4, 0.5) is 5.69 Å². The summed E-state index contributed by atoms with van der Waals surface area (Å²) >= 11 is 0. The number of amides is 2. The summed E-state index contributed by atoms with van der Waals surface area (Å²) in [7, 11) is 0. The number of nitrogens with one attached hydrogen (secondary N) is 2. The first-order chi connectivity index (χ1) is 9.02. The van der Waals surface area contributed by atoms with Crippen LogP contribution in [0.15, 0.2) is 24.3 Å². The number of hydroxylamine groups is 2. The maximum absolute atomic E-state index is 11.7. The number of hydrogen-bond donors (Lipinski definition) is 4. The van der Waals surface area contributed by atoms with Crippen LogP contribution >= 0.6 is 0 Å². The Morgan fingerprint density at radius 2 is 2.06 bits per heavy atom. The monoisotopic (exact) mass is 254 g/mol. The third-order valence-electron chi connectivity index (χ3n) is 2.06. The van der Waals surface area contributed by atoms with Gasteiger partial charge in [0.1, 0.15) is 0 Å². The van der Waals surface area contributed by atoms with Crippen LogP contribution in [0.3, 0.4) is 0 Å². The number of hydrogen-bond acceptors (Lipinski definition) is 5. The molecule has 0 aliphatic rings. The van der Waals surface area contributed by atoms with Gasteiger partial charge < -0.3 is 10.6 Å². The quantitative estimate of drug-likeness (QED) is 0.552. The van der Waals surface area contributed by atoms with Gasteiger partial charge >= 0.3 is 0 Å². The summed E-state index contributed by atoms with van der Waals surface area (Å²) in [5, 5.41) is 17.9. The van der Waals surface area contributed by atoms with Gasteiger partial charge in [0.25, 0.3) is 5.91 Å². The van der Waals surface area contributed by atoms with Crippen molar-refractivity contribution in [2.45, 2.75) is 6.92 Å². The molecule has 98 valence electrons. The molecule has 4 N–H and O–H groups in total. The Morgan fingerprint density at radius 1 is 1.39 bits per heavy atom. The molecule has 0 atom stereocenters. The third kappa shape index (κ3) is 4.91. The minimum atomic E-state index is -0.326. The Bertz CT molecular complexity index is 438. The molecular formula is C11H15N3O4. The maximum Gasteiger partial charge on any atom is 0.251 e. The molecule has 1 aromatic carbocycles. The van der Waals surface area contributed by atoms with Crippen LogP contribution in [-0.2, 0) is 4.79 Å². The highest BCUT2D eigenvalue weighted by molar-refractivity contribution is 5.95. The summed E-state index contributed by atoms with van der Waals surface area (Å²) < 4.78 is 6.37. The molecule has 0 saturated carbocycles. The zero-order valence-electron chi connectivity index (χ0n) is 10.8. The van der Waals surface area contributed by atoms with Gasteiger partial charge in [0.2, 0.25) is 7.34 Å². The average Bonchev–Trinajstić information content (AvgIpc) is 2.38. The van der Waals surface area contributed by atoms with E-state index >= 15 is 0 Å². The van der Waals surface area contributed by atoms with E-state index in [4.69, 9.17) is 6.64 Å². The molecule has 0 aliphatic heterocycles. The lowest BCUT2D eigenvalue weighted by atomic mass is 10.2. The molecule has 7 nitrogen and oxygen atoms in total. The first-order valence-corrected chi connectivity index (χ1v) is 5.28. The summed E-state index contributed by atoms with van der Waals surface area (Å²) in [5.41, 5.74) is 1.03. The van der Waals surface area contributed by atoms with E-state index in [9.17, 15) is 9.59 Å². The molecule has 0 saturated heterocycles. The largest absolute Gasteiger partial charge is 0.351 e. The number of carbonyl (C=O) groups excluding carboxylic acids is 2. The fraction of sp³-hybridized carbons (Fsp3) is 0.273. The van der Waals surface area contributed by atoms with Crippen LogP contribution in [-0.4, -0.2) is 40.5 Å². The Labute approximate surface area is 105 Å². The molecule has 0 radical (unpaired) electrons. The molecule has 0 aliphatic carbocycles. The minimum absolute atomic E-state index is 0.0286. The van der Waals surface area contributed by atoms with Crippen molar-refractivity contribution >= 4 is 17.5 Å². The highest BCUT2D eigenvalue weighted by Gasteiger charge is 2.05. The van der Waals surface area contributed by atoms with Crippen molar-refractivity contribution in [2.75, 3.05) is 18.4 Å². The van der Waals surface area contributed by atoms with Crippen molar-refractivity contribution in [2.24, 2.45) is 0 Å². The molecule has 7 heteroatoms. The average molecular weight is 254 g/mol. The second-order valence-corrected chi connectivity index (χ2v) is 3.59. The van der Waals surface area contributed by atoms with Crippen molar-refractivity contribution in [3.8, 4) is 0 Å². The molecule has 1 rings (SSSR count). The SMILES string of the molecule is [2H]ON(O)CCNC(=O)c1ccc(NC(C)=O)cc1. The predicted octanol–water partition coefficient (Wildman–Crippen LogP) is 0.455. The molecule has 0 aromatic heterocycles. The summed E-state index contributed by atoms with van der Waals surface area (Å²) in [6.45, 7) is 1.50. The number of benzene rings is 1. The molecule has 0 spiro atoms. The fourth-order valence-corrected chi connectivity index (χ4v) is 1.28. The van der Waals surface area contributed by atoms with Crippen molar-refractivity contribution < 1.29 is 21.4 Å². The summed E-state index contributed by atoms with van der Waals surface area (Å²) in [6.07, 6.45) is 0. The molecular weight excluding hydrogens is 238 g/mol. The standard InChI is InChI=1S/C11H15N3O4/c1-8(15)13-10-4-2-9(3-5-10)11(16)12-6-7-14(17)18/h2-5,17-18H,6-7H2,1H3,(H,12,16)(H,13,15)/i17D. The van der Waals surface area contributed by atoms with E-state index < -0.39 is 0 Å². The molecule has 0 unspecified atom stereocenters. The summed E-state index contributed by atoms with van der Waals surface area (Å²) in [6, 6.07) is 6.36. The third-order valence-corrected chi connectivity index (χ3v) is 2.06. The van der Waals surface area contributed by atoms with Crippen molar-refractivity contribution in [1.82, 2.24) is 10.5 Å². The number of anilines is 1. The van der Waals surface area contributed by atoms with E-state index in [1.807, 2.05) is 0 Å². The predicted molar refractivity (Wildman–Crippen MR) is 63.4 cm³/mol. The molecule has 18 heavy (non-hydrogen) atoms. The van der Waals surface area contributed by atoms with Gasteiger partial charge in [-0.1, -0.05) is 5.23 Å². The van der Waals surface area contributed by atoms with Crippen molar-refractivity contribution in [3.05, 3.63) is 29.8 Å². The highest BCUT2D eigenvalue weighted by Crippen LogP contribution is 2.09. The maximum atomic E-state index is 11.7. The van der Waals surface area contributed by atoms with Gasteiger partial charge in [0.15, 0.2) is 0 Å². The van der Waals surface area contributed by atoms with Gasteiger partial charge in [0.05, 0.1) is 6.54 Å². The van der Waals surface area contributed by atoms with Crippen molar-refractivity contribution in [1.29, 1.82) is 0 Å². The van der Waals surface area contributed by atoms with E-state index in [-0.39, 0.29) is 24.9 Å². The lowest BCUT2D eigenvalue weighted by molar-refractivity contribution is -0.305. The Balaban J connectivity index is 2.46. The van der Waals surface area contributed by atoms with Crippen LogP contribution in [0, 0.1) is 0 Å². The first-order valence-electron chi connectivity index (χ1n) is 5.69. The number of carbonyl (C=O) groups is 2. The highest BCUT2D eigenvalue weighted by atomic mass is 16.8. The zero-order valence-corrected chi connectivity index (χ0v) is 9.84. The van der Waals surface area contributed by atoms with Crippen LogP contribution in [0.1, 0.15) is 17.3 Å². The smallest absolute Gasteiger partial charge is 0.251 e. The van der Waals surface area contributed by atoms with Gasteiger partial charge in [0, 0.05) is 24.7 Å². The minimum Gasteiger partial charge on any atom is -0.351 e. The molecule has 0 bridgehead atoms. The molecule has 2 amide bonds. The zero-order chi connectivity index (χ0) is 14.3. The lowest BCUT2D eigenvalue weighted by Crippen LogP contribution is -2.31. The van der Waals surface area contributed by atoms with Gasteiger partial charge in [-0.05, 0) is 24.3 Å². The fourth-order valence-electron chi connectivity index (χ4n) is 1.28. The van der Waals surface area contributed by atoms with Gasteiger partial charge in [-0.2, -0.15) is 0 Å². The molecule has 1 aromatic rings. The first kappa shape index (κ1) is 12.5. The van der Waals surface area contributed by atoms with Crippen LogP contribution in [0.5, 0.6) is 0 Å². The van der Waals surface area contributed by atoms with Crippen LogP contribution in [0.25, 0.3) is 0 Å². The Kier molecular flexibility index (Phi) is 4.65. The van der Waals surface area contributed by atoms with E-state index in [0.29, 0.717) is 16.5 Å². The normalized spacial score (nSPS) is 10.9. The van der Waals surface area contributed by atoms with E-state index in [0.717, 1.165) is 0 Å². The molecule has 0 fully saturated rings. The second kappa shape index (κ2) is 6.70. The van der Waals surface area contributed by atoms with Gasteiger partial charge in [-0.3, -0.25) is 20.0 Å². The van der Waals surface area contributed by atoms with Crippen molar-refractivity contribution in [3.63, 3.8) is 0 Å². The second-order valence-electron chi connectivity index (χ2n) is 3.59. The Hall–Kier alpha value is -1.96. The van der Waals surface area contributed by atoms with Gasteiger partial charge in [-0.15, -0.1) is 0 Å². The van der Waals surface area contributed by atoms with Crippen LogP contribution in [0.2, 0.25) is 1.43 Å². The summed E-state index contributed by atoms with van der Waals surface area (Å²) in [5.74, 6) is -0.511. The topological polar surface area (TPSA) is 102 Å². The lowest BCUT2D eigenvalue weighted by Gasteiger charge is -2.08.